The predicted octanol–water partition coefficient (Wildman–Crippen LogP) is 1.04. The molecule has 1 aliphatic rings. The van der Waals surface area contributed by atoms with Crippen molar-refractivity contribution in [2.24, 2.45) is 4.99 Å². The maximum atomic E-state index is 12.2. The van der Waals surface area contributed by atoms with Gasteiger partial charge in [-0.2, -0.15) is 0 Å². The average molecular weight is 414 g/mol. The summed E-state index contributed by atoms with van der Waals surface area (Å²) in [6.45, 7) is 0.978. The van der Waals surface area contributed by atoms with Gasteiger partial charge in [-0.1, -0.05) is 18.2 Å². The Kier molecular flexibility index (Phi) is 5.45. The molecule has 1 saturated carbocycles. The number of pyridine rings is 1. The number of nitrogens with one attached hydrogen (secondary N) is 3. The Morgan fingerprint density at radius 3 is 2.59 bits per heavy atom. The number of aliphatic imine (C=N–C) groups is 1. The summed E-state index contributed by atoms with van der Waals surface area (Å²) < 4.78 is 29.1. The minimum Gasteiger partial charge on any atom is -0.352 e. The van der Waals surface area contributed by atoms with Crippen molar-refractivity contribution in [3.8, 4) is 0 Å². The first-order valence-corrected chi connectivity index (χ1v) is 10.9. The van der Waals surface area contributed by atoms with Crippen molar-refractivity contribution in [1.82, 2.24) is 30.0 Å². The van der Waals surface area contributed by atoms with Gasteiger partial charge in [0.1, 0.15) is 0 Å². The molecule has 10 heteroatoms. The molecule has 0 spiro atoms. The van der Waals surface area contributed by atoms with Crippen LogP contribution in [0.4, 0.5) is 0 Å². The summed E-state index contributed by atoms with van der Waals surface area (Å²) in [5, 5.41) is 14.7. The number of benzene rings is 1. The fourth-order valence-electron chi connectivity index (χ4n) is 2.86. The van der Waals surface area contributed by atoms with Crippen LogP contribution in [0.15, 0.2) is 58.5 Å². The molecule has 0 radical (unpaired) electrons. The Labute approximate surface area is 169 Å². The number of sulfonamides is 1. The molecule has 0 saturated heterocycles. The first-order chi connectivity index (χ1) is 14.0. The summed E-state index contributed by atoms with van der Waals surface area (Å²) in [6.07, 6.45) is 3.74. The fourth-order valence-corrected chi connectivity index (χ4v) is 4.16. The van der Waals surface area contributed by atoms with Crippen LogP contribution in [0.2, 0.25) is 0 Å². The lowest BCUT2D eigenvalue weighted by Gasteiger charge is -2.12. The lowest BCUT2D eigenvalue weighted by molar-refractivity contribution is 0.581. The van der Waals surface area contributed by atoms with Crippen molar-refractivity contribution in [1.29, 1.82) is 0 Å². The number of hydrogen-bond acceptors (Lipinski definition) is 5. The maximum absolute atomic E-state index is 12.2. The summed E-state index contributed by atoms with van der Waals surface area (Å²) in [5.41, 5.74) is 1.74. The summed E-state index contributed by atoms with van der Waals surface area (Å²) in [7, 11) is -1.73. The van der Waals surface area contributed by atoms with Crippen LogP contribution in [0.3, 0.4) is 0 Å². The first kappa shape index (κ1) is 19.3. The Morgan fingerprint density at radius 2 is 1.86 bits per heavy atom. The van der Waals surface area contributed by atoms with Crippen LogP contribution >= 0.6 is 0 Å². The Bertz CT molecular complexity index is 1120. The van der Waals surface area contributed by atoms with Crippen LogP contribution in [0.5, 0.6) is 0 Å². The van der Waals surface area contributed by atoms with Crippen LogP contribution in [-0.2, 0) is 23.1 Å². The van der Waals surface area contributed by atoms with E-state index in [1.165, 1.54) is 0 Å². The number of fused-ring (bicyclic) bond motifs is 1. The van der Waals surface area contributed by atoms with E-state index in [0.29, 0.717) is 19.0 Å². The van der Waals surface area contributed by atoms with Gasteiger partial charge in [0, 0.05) is 25.8 Å². The summed E-state index contributed by atoms with van der Waals surface area (Å²) in [6, 6.07) is 12.7. The van der Waals surface area contributed by atoms with Crippen molar-refractivity contribution in [2.75, 3.05) is 7.05 Å². The van der Waals surface area contributed by atoms with Crippen molar-refractivity contribution in [3.05, 3.63) is 60.0 Å². The highest BCUT2D eigenvalue weighted by Gasteiger charge is 2.27. The van der Waals surface area contributed by atoms with E-state index >= 15 is 0 Å². The largest absolute Gasteiger partial charge is 0.352 e. The summed E-state index contributed by atoms with van der Waals surface area (Å²) in [5.74, 6) is 1.39. The third kappa shape index (κ3) is 4.72. The number of rotatable bonds is 7. The number of nitrogens with zero attached hydrogens (tertiary/aromatic N) is 4. The molecule has 1 fully saturated rings. The van der Waals surface area contributed by atoms with Gasteiger partial charge in [0.25, 0.3) is 0 Å². The van der Waals surface area contributed by atoms with Gasteiger partial charge in [0.2, 0.25) is 10.0 Å². The predicted molar refractivity (Wildman–Crippen MR) is 110 cm³/mol. The highest BCUT2D eigenvalue weighted by molar-refractivity contribution is 7.89. The molecule has 0 bridgehead atoms. The Balaban J connectivity index is 1.32. The normalized spacial score (nSPS) is 14.9. The van der Waals surface area contributed by atoms with E-state index in [4.69, 9.17) is 0 Å². The van der Waals surface area contributed by atoms with Crippen LogP contribution < -0.4 is 15.4 Å². The molecule has 0 aliphatic heterocycles. The Morgan fingerprint density at radius 1 is 1.10 bits per heavy atom. The quantitative estimate of drug-likeness (QED) is 0.394. The van der Waals surface area contributed by atoms with E-state index in [9.17, 15) is 8.42 Å². The highest BCUT2D eigenvalue weighted by Crippen LogP contribution is 2.22. The molecular weight excluding hydrogens is 390 g/mol. The Hall–Kier alpha value is -2.98. The zero-order valence-electron chi connectivity index (χ0n) is 16.0. The number of aromatic nitrogens is 3. The molecule has 2 heterocycles. The van der Waals surface area contributed by atoms with E-state index in [1.807, 2.05) is 28.8 Å². The summed E-state index contributed by atoms with van der Waals surface area (Å²) >= 11 is 0. The van der Waals surface area contributed by atoms with Gasteiger partial charge in [-0.05, 0) is 42.7 Å². The minimum absolute atomic E-state index is 0.0955. The molecule has 1 aliphatic carbocycles. The fraction of sp³-hybridized carbons (Fsp3) is 0.316. The summed E-state index contributed by atoms with van der Waals surface area (Å²) in [4.78, 5) is 4.50. The second-order valence-corrected chi connectivity index (χ2v) is 8.58. The van der Waals surface area contributed by atoms with Gasteiger partial charge >= 0.3 is 0 Å². The molecule has 0 unspecified atom stereocenters. The van der Waals surface area contributed by atoms with E-state index < -0.39 is 10.0 Å². The van der Waals surface area contributed by atoms with Gasteiger partial charge in [-0.15, -0.1) is 10.2 Å². The molecule has 3 N–H and O–H groups in total. The minimum atomic E-state index is -3.42. The SMILES string of the molecule is CN=C(NCc1ccc(S(=O)(=O)NC2CC2)cc1)NCc1nnc2ccccn12. The molecule has 9 nitrogen and oxygen atoms in total. The molecule has 3 aromatic rings. The van der Waals surface area contributed by atoms with Crippen molar-refractivity contribution in [3.63, 3.8) is 0 Å². The maximum Gasteiger partial charge on any atom is 0.240 e. The third-order valence-corrected chi connectivity index (χ3v) is 6.15. The highest BCUT2D eigenvalue weighted by atomic mass is 32.2. The van der Waals surface area contributed by atoms with Crippen molar-refractivity contribution < 1.29 is 8.42 Å². The standard InChI is InChI=1S/C19H23N7O2S/c1-20-19(22-13-18-24-23-17-4-2-3-11-26(17)18)21-12-14-5-9-16(10-6-14)29(27,28)25-15-7-8-15/h2-6,9-11,15,25H,7-8,12-13H2,1H3,(H2,20,21,22). The molecule has 2 aromatic heterocycles. The van der Waals surface area contributed by atoms with Gasteiger partial charge in [0.15, 0.2) is 17.4 Å². The molecule has 0 atom stereocenters. The van der Waals surface area contributed by atoms with E-state index in [1.54, 1.807) is 31.3 Å². The van der Waals surface area contributed by atoms with Gasteiger partial charge in [-0.25, -0.2) is 13.1 Å². The van der Waals surface area contributed by atoms with E-state index in [2.05, 4.69) is 30.5 Å². The zero-order valence-corrected chi connectivity index (χ0v) is 16.9. The van der Waals surface area contributed by atoms with E-state index in [-0.39, 0.29) is 10.9 Å². The third-order valence-electron chi connectivity index (χ3n) is 4.61. The second kappa shape index (κ2) is 8.18. The monoisotopic (exact) mass is 413 g/mol. The van der Waals surface area contributed by atoms with Gasteiger partial charge < -0.3 is 10.6 Å². The molecule has 152 valence electrons. The molecular formula is C19H23N7O2S. The lowest BCUT2D eigenvalue weighted by atomic mass is 10.2. The topological polar surface area (TPSA) is 113 Å². The van der Waals surface area contributed by atoms with Gasteiger partial charge in [0.05, 0.1) is 11.4 Å². The van der Waals surface area contributed by atoms with Crippen molar-refractivity contribution in [2.45, 2.75) is 36.9 Å². The molecule has 0 amide bonds. The first-order valence-electron chi connectivity index (χ1n) is 9.39. The molecule has 29 heavy (non-hydrogen) atoms. The number of guanidine groups is 1. The molecule has 1 aromatic carbocycles. The lowest BCUT2D eigenvalue weighted by Crippen LogP contribution is -2.36. The van der Waals surface area contributed by atoms with Crippen LogP contribution in [-0.4, -0.2) is 42.1 Å². The number of hydrogen-bond donors (Lipinski definition) is 3. The van der Waals surface area contributed by atoms with E-state index in [0.717, 1.165) is 29.9 Å². The van der Waals surface area contributed by atoms with Crippen molar-refractivity contribution >= 4 is 21.6 Å². The second-order valence-electron chi connectivity index (χ2n) is 6.86. The average Bonchev–Trinajstić information content (AvgIpc) is 3.44. The molecule has 4 rings (SSSR count). The van der Waals surface area contributed by atoms with Crippen LogP contribution in [0, 0.1) is 0 Å². The smallest absolute Gasteiger partial charge is 0.240 e. The van der Waals surface area contributed by atoms with Crippen LogP contribution in [0.1, 0.15) is 24.2 Å². The van der Waals surface area contributed by atoms with Gasteiger partial charge in [-0.3, -0.25) is 9.39 Å². The van der Waals surface area contributed by atoms with Crippen LogP contribution in [0.25, 0.3) is 5.65 Å². The zero-order chi connectivity index (χ0) is 20.3.